The molecular formula is C17H24F2N4O4. The van der Waals surface area contributed by atoms with E-state index in [2.05, 4.69) is 25.7 Å². The molecular weight excluding hydrogens is 362 g/mol. The SMILES string of the molecule is CN=C(NCCC(=O)NC(C)C)NCc1cc2c(cc1OC(F)F)OCO2. The molecule has 1 aliphatic heterocycles. The Morgan fingerprint density at radius 1 is 1.26 bits per heavy atom. The Morgan fingerprint density at radius 3 is 2.59 bits per heavy atom. The van der Waals surface area contributed by atoms with Gasteiger partial charge in [-0.05, 0) is 19.9 Å². The van der Waals surface area contributed by atoms with Crippen LogP contribution >= 0.6 is 0 Å². The van der Waals surface area contributed by atoms with Crippen molar-refractivity contribution in [2.45, 2.75) is 39.5 Å². The lowest BCUT2D eigenvalue weighted by molar-refractivity contribution is -0.121. The molecule has 0 aliphatic carbocycles. The van der Waals surface area contributed by atoms with Crippen molar-refractivity contribution >= 4 is 11.9 Å². The van der Waals surface area contributed by atoms with E-state index in [4.69, 9.17) is 9.47 Å². The number of aliphatic imine (C=N–C) groups is 1. The van der Waals surface area contributed by atoms with Gasteiger partial charge in [0.25, 0.3) is 0 Å². The summed E-state index contributed by atoms with van der Waals surface area (Å²) in [6.45, 7) is 1.38. The van der Waals surface area contributed by atoms with Crippen LogP contribution in [0.25, 0.3) is 0 Å². The number of halogens is 2. The molecule has 0 radical (unpaired) electrons. The first-order valence-corrected chi connectivity index (χ1v) is 8.50. The monoisotopic (exact) mass is 386 g/mol. The number of amides is 1. The van der Waals surface area contributed by atoms with Crippen molar-refractivity contribution in [3.05, 3.63) is 17.7 Å². The van der Waals surface area contributed by atoms with Crippen LogP contribution < -0.4 is 30.2 Å². The minimum Gasteiger partial charge on any atom is -0.454 e. The summed E-state index contributed by atoms with van der Waals surface area (Å²) in [6.07, 6.45) is 0.280. The Hall–Kier alpha value is -2.78. The molecule has 1 aliphatic rings. The number of benzene rings is 1. The summed E-state index contributed by atoms with van der Waals surface area (Å²) < 4.78 is 40.3. The lowest BCUT2D eigenvalue weighted by Gasteiger charge is -2.15. The molecule has 0 fully saturated rings. The number of alkyl halides is 2. The van der Waals surface area contributed by atoms with E-state index in [1.54, 1.807) is 13.1 Å². The van der Waals surface area contributed by atoms with Crippen molar-refractivity contribution in [2.24, 2.45) is 4.99 Å². The molecule has 0 unspecified atom stereocenters. The van der Waals surface area contributed by atoms with Crippen molar-refractivity contribution in [1.82, 2.24) is 16.0 Å². The molecule has 8 nitrogen and oxygen atoms in total. The van der Waals surface area contributed by atoms with Crippen LogP contribution in [0.5, 0.6) is 17.2 Å². The summed E-state index contributed by atoms with van der Waals surface area (Å²) in [5, 5.41) is 8.77. The number of nitrogens with one attached hydrogen (secondary N) is 3. The van der Waals surface area contributed by atoms with Gasteiger partial charge in [-0.3, -0.25) is 9.79 Å². The number of carbonyl (C=O) groups excluding carboxylic acids is 1. The molecule has 0 aromatic heterocycles. The van der Waals surface area contributed by atoms with E-state index in [0.29, 0.717) is 29.6 Å². The lowest BCUT2D eigenvalue weighted by atomic mass is 10.1. The number of carbonyl (C=O) groups is 1. The van der Waals surface area contributed by atoms with E-state index in [-0.39, 0.29) is 37.5 Å². The van der Waals surface area contributed by atoms with Gasteiger partial charge in [-0.25, -0.2) is 0 Å². The second-order valence-electron chi connectivity index (χ2n) is 6.02. The highest BCUT2D eigenvalue weighted by Crippen LogP contribution is 2.38. The van der Waals surface area contributed by atoms with Crippen LogP contribution in [0.3, 0.4) is 0 Å². The van der Waals surface area contributed by atoms with Crippen molar-refractivity contribution in [3.63, 3.8) is 0 Å². The van der Waals surface area contributed by atoms with Gasteiger partial charge in [0.15, 0.2) is 17.5 Å². The van der Waals surface area contributed by atoms with Gasteiger partial charge in [0.1, 0.15) is 5.75 Å². The molecule has 1 heterocycles. The number of fused-ring (bicyclic) bond motifs is 1. The first kappa shape index (κ1) is 20.5. The summed E-state index contributed by atoms with van der Waals surface area (Å²) in [6, 6.07) is 3.03. The highest BCUT2D eigenvalue weighted by molar-refractivity contribution is 5.81. The summed E-state index contributed by atoms with van der Waals surface area (Å²) in [5.74, 6) is 1.16. The first-order chi connectivity index (χ1) is 12.9. The van der Waals surface area contributed by atoms with E-state index in [9.17, 15) is 13.6 Å². The minimum atomic E-state index is -2.96. The van der Waals surface area contributed by atoms with E-state index in [0.717, 1.165) is 0 Å². The number of guanidine groups is 1. The molecule has 1 aromatic rings. The van der Waals surface area contributed by atoms with Gasteiger partial charge in [-0.1, -0.05) is 0 Å². The van der Waals surface area contributed by atoms with Gasteiger partial charge >= 0.3 is 6.61 Å². The minimum absolute atomic E-state index is 0.00601. The van der Waals surface area contributed by atoms with Crippen LogP contribution in [0.4, 0.5) is 8.78 Å². The maximum absolute atomic E-state index is 12.7. The average molecular weight is 386 g/mol. The van der Waals surface area contributed by atoms with Crippen molar-refractivity contribution < 1.29 is 27.8 Å². The zero-order valence-electron chi connectivity index (χ0n) is 15.5. The van der Waals surface area contributed by atoms with Crippen LogP contribution in [-0.2, 0) is 11.3 Å². The van der Waals surface area contributed by atoms with Gasteiger partial charge in [-0.2, -0.15) is 8.78 Å². The van der Waals surface area contributed by atoms with Gasteiger partial charge in [0.2, 0.25) is 12.7 Å². The summed E-state index contributed by atoms with van der Waals surface area (Å²) in [4.78, 5) is 15.7. The normalized spacial score (nSPS) is 13.1. The summed E-state index contributed by atoms with van der Waals surface area (Å²) in [5.41, 5.74) is 0.458. The first-order valence-electron chi connectivity index (χ1n) is 8.50. The van der Waals surface area contributed by atoms with Crippen LogP contribution in [-0.4, -0.2) is 44.9 Å². The molecule has 0 atom stereocenters. The second kappa shape index (κ2) is 9.79. The van der Waals surface area contributed by atoms with E-state index >= 15 is 0 Å². The van der Waals surface area contributed by atoms with E-state index in [1.807, 2.05) is 13.8 Å². The molecule has 0 bridgehead atoms. The maximum atomic E-state index is 12.7. The van der Waals surface area contributed by atoms with Crippen molar-refractivity contribution in [3.8, 4) is 17.2 Å². The zero-order valence-corrected chi connectivity index (χ0v) is 15.5. The van der Waals surface area contributed by atoms with E-state index < -0.39 is 6.61 Å². The fourth-order valence-corrected chi connectivity index (χ4v) is 2.40. The van der Waals surface area contributed by atoms with Gasteiger partial charge < -0.3 is 30.2 Å². The molecule has 27 heavy (non-hydrogen) atoms. The molecule has 1 amide bonds. The van der Waals surface area contributed by atoms with Crippen LogP contribution in [0, 0.1) is 0 Å². The Morgan fingerprint density at radius 2 is 1.96 bits per heavy atom. The number of hydrogen-bond acceptors (Lipinski definition) is 5. The quantitative estimate of drug-likeness (QED) is 0.464. The highest BCUT2D eigenvalue weighted by Gasteiger charge is 2.20. The van der Waals surface area contributed by atoms with Crippen LogP contribution in [0.2, 0.25) is 0 Å². The molecule has 150 valence electrons. The molecule has 0 spiro atoms. The highest BCUT2D eigenvalue weighted by atomic mass is 19.3. The Bertz CT molecular complexity index is 683. The maximum Gasteiger partial charge on any atom is 0.387 e. The predicted molar refractivity (Wildman–Crippen MR) is 95.3 cm³/mol. The molecule has 0 saturated carbocycles. The number of nitrogens with zero attached hydrogens (tertiary/aromatic N) is 1. The Balaban J connectivity index is 1.92. The molecule has 3 N–H and O–H groups in total. The third kappa shape index (κ3) is 6.46. The number of rotatable bonds is 8. The molecule has 0 saturated heterocycles. The average Bonchev–Trinajstić information content (AvgIpc) is 3.03. The topological polar surface area (TPSA) is 93.2 Å². The molecule has 1 aromatic carbocycles. The standard InChI is InChI=1S/C17H24F2N4O4/c1-10(2)23-15(24)4-5-21-17(20-3)22-8-11-6-13-14(26-9-25-13)7-12(11)27-16(18)19/h6-7,10,16H,4-5,8-9H2,1-3H3,(H,23,24)(H2,20,21,22). The van der Waals surface area contributed by atoms with Gasteiger partial charge in [-0.15, -0.1) is 0 Å². The summed E-state index contributed by atoms with van der Waals surface area (Å²) >= 11 is 0. The second-order valence-corrected chi connectivity index (χ2v) is 6.02. The predicted octanol–water partition coefficient (Wildman–Crippen LogP) is 1.60. The third-order valence-electron chi connectivity index (χ3n) is 3.54. The Labute approximate surface area is 156 Å². The van der Waals surface area contributed by atoms with E-state index in [1.165, 1.54) is 6.07 Å². The van der Waals surface area contributed by atoms with Gasteiger partial charge in [0, 0.05) is 44.2 Å². The van der Waals surface area contributed by atoms with Crippen molar-refractivity contribution in [1.29, 1.82) is 0 Å². The lowest BCUT2D eigenvalue weighted by Crippen LogP contribution is -2.39. The van der Waals surface area contributed by atoms with Crippen LogP contribution in [0.15, 0.2) is 17.1 Å². The fraction of sp³-hybridized carbons (Fsp3) is 0.529. The third-order valence-corrected chi connectivity index (χ3v) is 3.54. The number of hydrogen-bond donors (Lipinski definition) is 3. The summed E-state index contributed by atoms with van der Waals surface area (Å²) in [7, 11) is 1.57. The Kier molecular flexibility index (Phi) is 7.44. The zero-order chi connectivity index (χ0) is 19.8. The molecule has 10 heteroatoms. The largest absolute Gasteiger partial charge is 0.454 e. The van der Waals surface area contributed by atoms with Gasteiger partial charge in [0.05, 0.1) is 0 Å². The molecule has 2 rings (SSSR count). The van der Waals surface area contributed by atoms with Crippen LogP contribution in [0.1, 0.15) is 25.8 Å². The fourth-order valence-electron chi connectivity index (χ4n) is 2.40. The van der Waals surface area contributed by atoms with Crippen molar-refractivity contribution in [2.75, 3.05) is 20.4 Å². The number of ether oxygens (including phenoxy) is 3. The smallest absolute Gasteiger partial charge is 0.387 e.